The molecule has 0 unspecified atom stereocenters. The summed E-state index contributed by atoms with van der Waals surface area (Å²) in [5.74, 6) is 0.00519. The van der Waals surface area contributed by atoms with Crippen LogP contribution in [0.15, 0.2) is 9.67 Å². The number of esters is 1. The second-order valence-electron chi connectivity index (χ2n) is 7.20. The normalized spacial score (nSPS) is 12.5. The van der Waals surface area contributed by atoms with Gasteiger partial charge in [-0.15, -0.1) is 0 Å². The van der Waals surface area contributed by atoms with Crippen molar-refractivity contribution in [1.29, 1.82) is 0 Å². The van der Waals surface area contributed by atoms with Crippen LogP contribution in [0.3, 0.4) is 0 Å². The van der Waals surface area contributed by atoms with Gasteiger partial charge in [0.15, 0.2) is 0 Å². The van der Waals surface area contributed by atoms with Crippen LogP contribution in [0.5, 0.6) is 0 Å². The van der Waals surface area contributed by atoms with Gasteiger partial charge in [0.05, 0.1) is 0 Å². The topological polar surface area (TPSA) is 26.3 Å². The van der Waals surface area contributed by atoms with Crippen molar-refractivity contribution in [1.82, 2.24) is 0 Å². The summed E-state index contributed by atoms with van der Waals surface area (Å²) in [6.07, 6.45) is 14.6. The van der Waals surface area contributed by atoms with E-state index >= 15 is 0 Å². The molecule has 0 atom stereocenters. The zero-order valence-electron chi connectivity index (χ0n) is 17.1. The van der Waals surface area contributed by atoms with Crippen molar-refractivity contribution in [2.24, 2.45) is 0 Å². The first kappa shape index (κ1) is 24.0. The summed E-state index contributed by atoms with van der Waals surface area (Å²) in [7, 11) is 1.57. The van der Waals surface area contributed by atoms with E-state index in [9.17, 15) is 4.79 Å². The van der Waals surface area contributed by atoms with Crippen LogP contribution >= 0.6 is 0 Å². The molecule has 0 radical (unpaired) electrons. The van der Waals surface area contributed by atoms with Crippen molar-refractivity contribution in [3.63, 3.8) is 0 Å². The van der Waals surface area contributed by atoms with Gasteiger partial charge in [-0.1, -0.05) is 0 Å². The molecule has 0 aromatic heterocycles. The van der Waals surface area contributed by atoms with Gasteiger partial charge in [-0.2, -0.15) is 0 Å². The van der Waals surface area contributed by atoms with Gasteiger partial charge in [0.1, 0.15) is 0 Å². The minimum atomic E-state index is -2.65. The van der Waals surface area contributed by atoms with Crippen molar-refractivity contribution in [2.45, 2.75) is 105 Å². The van der Waals surface area contributed by atoms with E-state index in [0.29, 0.717) is 0 Å². The Morgan fingerprint density at radius 2 is 1.25 bits per heavy atom. The summed E-state index contributed by atoms with van der Waals surface area (Å²) >= 11 is -2.65. The average molecular weight is 445 g/mol. The van der Waals surface area contributed by atoms with E-state index in [4.69, 9.17) is 4.74 Å². The van der Waals surface area contributed by atoms with Crippen molar-refractivity contribution in [2.75, 3.05) is 7.11 Å². The number of hydrogen-bond donors (Lipinski definition) is 0. The molecule has 0 aromatic rings. The predicted molar refractivity (Wildman–Crippen MR) is 109 cm³/mol. The Morgan fingerprint density at radius 1 is 0.792 bits per heavy atom. The second-order valence-corrected chi connectivity index (χ2v) is 20.3. The van der Waals surface area contributed by atoms with E-state index in [1.807, 2.05) is 0 Å². The van der Waals surface area contributed by atoms with Crippen LogP contribution in [-0.2, 0) is 9.53 Å². The third-order valence-electron chi connectivity index (χ3n) is 5.16. The van der Waals surface area contributed by atoms with Crippen LogP contribution in [0, 0.1) is 0 Å². The van der Waals surface area contributed by atoms with Gasteiger partial charge in [-0.05, 0) is 0 Å². The maximum absolute atomic E-state index is 12.7. The number of hydrogen-bond acceptors (Lipinski definition) is 2. The van der Waals surface area contributed by atoms with E-state index in [2.05, 4.69) is 33.8 Å². The van der Waals surface area contributed by atoms with E-state index in [1.54, 1.807) is 7.11 Å². The fraction of sp³-hybridized carbons (Fsp3) is 0.857. The van der Waals surface area contributed by atoms with Gasteiger partial charge >= 0.3 is 156 Å². The molecule has 3 heteroatoms. The molecule has 0 fully saturated rings. The number of allylic oxidation sites excluding steroid dienone is 1. The quantitative estimate of drug-likeness (QED) is 0.117. The van der Waals surface area contributed by atoms with E-state index in [0.717, 1.165) is 6.42 Å². The number of rotatable bonds is 15. The fourth-order valence-corrected chi connectivity index (χ4v) is 20.0. The number of carbonyl (C=O) groups excluding carboxylic acids is 1. The SMILES string of the molecule is CCCCC/C=[C](\C(=O)OC)[Sn]([CH2]CCC)([CH2]CCC)[CH2]CCC. The van der Waals surface area contributed by atoms with E-state index in [-0.39, 0.29) is 5.97 Å². The molecule has 0 rings (SSSR count). The van der Waals surface area contributed by atoms with Crippen molar-refractivity contribution in [3.8, 4) is 0 Å². The Labute approximate surface area is 155 Å². The summed E-state index contributed by atoms with van der Waals surface area (Å²) in [6.45, 7) is 9.06. The summed E-state index contributed by atoms with van der Waals surface area (Å²) in [6, 6.07) is 0. The molecule has 0 aliphatic heterocycles. The maximum atomic E-state index is 12.7. The Bertz CT molecular complexity index is 328. The Balaban J connectivity index is 5.56. The number of methoxy groups -OCH3 is 1. The standard InChI is InChI=1S/C9H15O2.3C4H9.Sn/c1-3-4-5-6-7-8-9(10)11-2;3*1-3-4-2;/h7H,3-6H2,1-2H3;3*1,3-4H2,2H3;. The van der Waals surface area contributed by atoms with Gasteiger partial charge in [0.25, 0.3) is 0 Å². The van der Waals surface area contributed by atoms with Gasteiger partial charge in [-0.3, -0.25) is 0 Å². The third kappa shape index (κ3) is 8.92. The predicted octanol–water partition coefficient (Wildman–Crippen LogP) is 7.05. The molecule has 0 spiro atoms. The van der Waals surface area contributed by atoms with Crippen molar-refractivity contribution >= 4 is 24.3 Å². The summed E-state index contributed by atoms with van der Waals surface area (Å²) in [5, 5.41) is 0. The molecule has 0 saturated heterocycles. The van der Waals surface area contributed by atoms with Crippen molar-refractivity contribution < 1.29 is 9.53 Å². The van der Waals surface area contributed by atoms with Gasteiger partial charge in [0, 0.05) is 0 Å². The summed E-state index contributed by atoms with van der Waals surface area (Å²) in [5.41, 5.74) is 0. The zero-order chi connectivity index (χ0) is 18.3. The number of ether oxygens (including phenoxy) is 1. The van der Waals surface area contributed by atoms with Crippen LogP contribution in [0.25, 0.3) is 0 Å². The Morgan fingerprint density at radius 3 is 1.62 bits per heavy atom. The van der Waals surface area contributed by atoms with Crippen LogP contribution in [0.1, 0.15) is 91.9 Å². The number of carbonyl (C=O) groups is 1. The fourth-order valence-electron chi connectivity index (χ4n) is 3.59. The van der Waals surface area contributed by atoms with E-state index < -0.39 is 18.4 Å². The Hall–Kier alpha value is 0.00870. The summed E-state index contributed by atoms with van der Waals surface area (Å²) in [4.78, 5) is 12.7. The summed E-state index contributed by atoms with van der Waals surface area (Å²) < 4.78 is 10.5. The molecule has 0 heterocycles. The molecule has 0 aromatic carbocycles. The first-order chi connectivity index (χ1) is 11.6. The van der Waals surface area contributed by atoms with Crippen LogP contribution in [-0.4, -0.2) is 31.5 Å². The molecule has 0 aliphatic rings. The van der Waals surface area contributed by atoms with Gasteiger partial charge < -0.3 is 0 Å². The molecule has 0 N–H and O–H groups in total. The first-order valence-electron chi connectivity index (χ1n) is 10.4. The molecule has 2 nitrogen and oxygen atoms in total. The molecule has 0 aliphatic carbocycles. The molecule has 0 amide bonds. The monoisotopic (exact) mass is 446 g/mol. The van der Waals surface area contributed by atoms with Crippen LogP contribution < -0.4 is 0 Å². The molecular weight excluding hydrogens is 403 g/mol. The third-order valence-corrected chi connectivity index (χ3v) is 20.8. The van der Waals surface area contributed by atoms with Gasteiger partial charge in [-0.25, -0.2) is 0 Å². The van der Waals surface area contributed by atoms with Gasteiger partial charge in [0.2, 0.25) is 0 Å². The zero-order valence-corrected chi connectivity index (χ0v) is 19.9. The first-order valence-corrected chi connectivity index (χ1v) is 17.9. The average Bonchev–Trinajstić information content (AvgIpc) is 2.61. The molecule has 24 heavy (non-hydrogen) atoms. The number of unbranched alkanes of at least 4 members (excludes halogenated alkanes) is 6. The molecule has 142 valence electrons. The van der Waals surface area contributed by atoms with Crippen molar-refractivity contribution in [3.05, 3.63) is 9.67 Å². The van der Waals surface area contributed by atoms with Crippen LogP contribution in [0.2, 0.25) is 13.3 Å². The van der Waals surface area contributed by atoms with Crippen LogP contribution in [0.4, 0.5) is 0 Å². The molecule has 0 saturated carbocycles. The Kier molecular flexibility index (Phi) is 15.3. The molecule has 0 bridgehead atoms. The minimum absolute atomic E-state index is 0.00519. The molecular formula is C21H42O2Sn. The second kappa shape index (κ2) is 15.3. The van der Waals surface area contributed by atoms with E-state index in [1.165, 1.54) is 74.7 Å².